The molecule has 31 heavy (non-hydrogen) atoms. The van der Waals surface area contributed by atoms with E-state index in [0.29, 0.717) is 11.4 Å². The van der Waals surface area contributed by atoms with Gasteiger partial charge in [0, 0.05) is 24.3 Å². The molecule has 2 aromatic heterocycles. The molecule has 0 aliphatic heterocycles. The van der Waals surface area contributed by atoms with E-state index in [-0.39, 0.29) is 11.3 Å². The molecule has 4 aromatic rings. The molecule has 0 atom stereocenters. The van der Waals surface area contributed by atoms with Gasteiger partial charge in [-0.2, -0.15) is 5.10 Å². The number of carbonyl (C=O) groups is 1. The van der Waals surface area contributed by atoms with Gasteiger partial charge < -0.3 is 15.8 Å². The Morgan fingerprint density at radius 2 is 1.90 bits per heavy atom. The van der Waals surface area contributed by atoms with Gasteiger partial charge in [-0.1, -0.05) is 23.8 Å². The molecule has 2 aromatic carbocycles. The lowest BCUT2D eigenvalue weighted by molar-refractivity contribution is 0.0602. The number of anilines is 3. The van der Waals surface area contributed by atoms with Crippen molar-refractivity contribution in [1.29, 1.82) is 0 Å². The molecule has 0 radical (unpaired) electrons. The van der Waals surface area contributed by atoms with Crippen molar-refractivity contribution in [3.63, 3.8) is 0 Å². The molecule has 0 bridgehead atoms. The number of aryl methyl sites for hydroxylation is 2. The molecule has 0 saturated carbocycles. The van der Waals surface area contributed by atoms with Crippen molar-refractivity contribution < 1.29 is 9.53 Å². The van der Waals surface area contributed by atoms with Gasteiger partial charge in [-0.3, -0.25) is 4.68 Å². The molecule has 7 heteroatoms. The minimum atomic E-state index is -0.527. The number of nitrogens with one attached hydrogen (secondary N) is 1. The van der Waals surface area contributed by atoms with Crippen LogP contribution < -0.4 is 11.1 Å². The van der Waals surface area contributed by atoms with Crippen molar-refractivity contribution >= 4 is 33.9 Å². The Morgan fingerprint density at radius 3 is 2.65 bits per heavy atom. The van der Waals surface area contributed by atoms with Crippen LogP contribution in [0.15, 0.2) is 54.7 Å². The lowest BCUT2D eigenvalue weighted by Crippen LogP contribution is -2.08. The number of ether oxygens (including phenoxy) is 1. The third-order valence-electron chi connectivity index (χ3n) is 4.89. The third-order valence-corrected chi connectivity index (χ3v) is 4.89. The SMILES string of the molecule is COC(=O)c1ccnc(C#Cc2c3cccc(Nc4ccc(C)cc4)c3nn2C)c1N. The number of hydrogen-bond acceptors (Lipinski definition) is 6. The van der Waals surface area contributed by atoms with Crippen LogP contribution in [-0.2, 0) is 11.8 Å². The minimum absolute atomic E-state index is 0.190. The molecule has 2 heterocycles. The predicted octanol–water partition coefficient (Wildman–Crippen LogP) is 3.79. The molecule has 0 aliphatic rings. The lowest BCUT2D eigenvalue weighted by atomic mass is 10.1. The zero-order valence-electron chi connectivity index (χ0n) is 17.4. The van der Waals surface area contributed by atoms with Crippen LogP contribution in [0.25, 0.3) is 10.9 Å². The van der Waals surface area contributed by atoms with Crippen LogP contribution in [0, 0.1) is 18.8 Å². The standard InChI is InChI=1S/C24H21N5O2/c1-15-7-9-16(10-8-15)27-20-6-4-5-17-21(29(2)28-23(17)20)12-11-19-22(25)18(13-14-26-19)24(30)31-3/h4-10,13-14,27H,25H2,1-3H3. The van der Waals surface area contributed by atoms with E-state index in [1.807, 2.05) is 37.4 Å². The topological polar surface area (TPSA) is 95.1 Å². The first-order valence-electron chi connectivity index (χ1n) is 9.62. The summed E-state index contributed by atoms with van der Waals surface area (Å²) in [7, 11) is 3.14. The Bertz CT molecular complexity index is 1340. The van der Waals surface area contributed by atoms with Crippen LogP contribution in [-0.4, -0.2) is 27.8 Å². The summed E-state index contributed by atoms with van der Waals surface area (Å²) in [5.74, 6) is 5.54. The molecule has 7 nitrogen and oxygen atoms in total. The zero-order valence-corrected chi connectivity index (χ0v) is 17.4. The van der Waals surface area contributed by atoms with Crippen molar-refractivity contribution in [2.24, 2.45) is 7.05 Å². The van der Waals surface area contributed by atoms with E-state index in [9.17, 15) is 4.79 Å². The molecule has 0 spiro atoms. The number of carbonyl (C=O) groups excluding carboxylic acids is 1. The summed E-state index contributed by atoms with van der Waals surface area (Å²) in [4.78, 5) is 16.1. The van der Waals surface area contributed by atoms with Gasteiger partial charge in [0.25, 0.3) is 0 Å². The average molecular weight is 411 g/mol. The van der Waals surface area contributed by atoms with Crippen LogP contribution in [0.3, 0.4) is 0 Å². The summed E-state index contributed by atoms with van der Waals surface area (Å²) in [6, 6.07) is 15.6. The number of pyridine rings is 1. The second-order valence-electron chi connectivity index (χ2n) is 7.03. The first-order chi connectivity index (χ1) is 15.0. The Balaban J connectivity index is 1.73. The molecule has 0 aliphatic carbocycles. The van der Waals surface area contributed by atoms with Gasteiger partial charge in [0.2, 0.25) is 0 Å². The Morgan fingerprint density at radius 1 is 1.13 bits per heavy atom. The second kappa shape index (κ2) is 8.20. The number of aromatic nitrogens is 3. The molecular weight excluding hydrogens is 390 g/mol. The first-order valence-corrected chi connectivity index (χ1v) is 9.62. The summed E-state index contributed by atoms with van der Waals surface area (Å²) in [6.07, 6.45) is 1.48. The van der Waals surface area contributed by atoms with Gasteiger partial charge in [0.1, 0.15) is 16.9 Å². The molecule has 3 N–H and O–H groups in total. The molecule has 0 fully saturated rings. The van der Waals surface area contributed by atoms with Gasteiger partial charge in [-0.25, -0.2) is 9.78 Å². The van der Waals surface area contributed by atoms with Gasteiger partial charge in [0.05, 0.1) is 24.0 Å². The van der Waals surface area contributed by atoms with Crippen molar-refractivity contribution in [3.8, 4) is 11.8 Å². The smallest absolute Gasteiger partial charge is 0.340 e. The van der Waals surface area contributed by atoms with Crippen molar-refractivity contribution in [2.75, 3.05) is 18.2 Å². The quantitative estimate of drug-likeness (QED) is 0.393. The fraction of sp³-hybridized carbons (Fsp3) is 0.125. The number of benzene rings is 2. The maximum Gasteiger partial charge on any atom is 0.340 e. The number of nitrogen functional groups attached to an aromatic ring is 1. The molecule has 4 rings (SSSR count). The molecule has 0 amide bonds. The minimum Gasteiger partial charge on any atom is -0.465 e. The Kier molecular flexibility index (Phi) is 5.29. The van der Waals surface area contributed by atoms with E-state index in [0.717, 1.165) is 22.3 Å². The third kappa shape index (κ3) is 3.91. The fourth-order valence-electron chi connectivity index (χ4n) is 3.24. The maximum atomic E-state index is 11.9. The highest BCUT2D eigenvalue weighted by Gasteiger charge is 2.14. The largest absolute Gasteiger partial charge is 0.465 e. The second-order valence-corrected chi connectivity index (χ2v) is 7.03. The van der Waals surface area contributed by atoms with Crippen LogP contribution in [0.1, 0.15) is 27.3 Å². The summed E-state index contributed by atoms with van der Waals surface area (Å²) >= 11 is 0. The number of hydrogen-bond donors (Lipinski definition) is 2. The van der Waals surface area contributed by atoms with Crippen molar-refractivity contribution in [2.45, 2.75) is 6.92 Å². The molecule has 0 unspecified atom stereocenters. The summed E-state index contributed by atoms with van der Waals surface area (Å²) in [6.45, 7) is 2.05. The van der Waals surface area contributed by atoms with Crippen LogP contribution in [0.5, 0.6) is 0 Å². The van der Waals surface area contributed by atoms with E-state index in [1.165, 1.54) is 24.9 Å². The van der Waals surface area contributed by atoms with Crippen LogP contribution >= 0.6 is 0 Å². The summed E-state index contributed by atoms with van der Waals surface area (Å²) in [5.41, 5.74) is 11.4. The van der Waals surface area contributed by atoms with Crippen molar-refractivity contribution in [1.82, 2.24) is 14.8 Å². The van der Waals surface area contributed by atoms with Gasteiger partial charge in [-0.05, 0) is 49.1 Å². The highest BCUT2D eigenvalue weighted by atomic mass is 16.5. The fourth-order valence-corrected chi connectivity index (χ4v) is 3.24. The summed E-state index contributed by atoms with van der Waals surface area (Å²) < 4.78 is 6.47. The van der Waals surface area contributed by atoms with E-state index in [1.54, 1.807) is 4.68 Å². The molecule has 154 valence electrons. The highest BCUT2D eigenvalue weighted by Crippen LogP contribution is 2.27. The average Bonchev–Trinajstić information content (AvgIpc) is 3.10. The predicted molar refractivity (Wildman–Crippen MR) is 121 cm³/mol. The Hall–Kier alpha value is -4.31. The van der Waals surface area contributed by atoms with E-state index in [2.05, 4.69) is 46.3 Å². The number of esters is 1. The molecule has 0 saturated heterocycles. The number of nitrogens with two attached hydrogens (primary N) is 1. The number of methoxy groups -OCH3 is 1. The number of rotatable bonds is 3. The normalized spacial score (nSPS) is 10.4. The van der Waals surface area contributed by atoms with E-state index in [4.69, 9.17) is 10.5 Å². The van der Waals surface area contributed by atoms with Crippen LogP contribution in [0.2, 0.25) is 0 Å². The van der Waals surface area contributed by atoms with Crippen LogP contribution in [0.4, 0.5) is 17.1 Å². The van der Waals surface area contributed by atoms with E-state index < -0.39 is 5.97 Å². The van der Waals surface area contributed by atoms with Gasteiger partial charge in [0.15, 0.2) is 0 Å². The van der Waals surface area contributed by atoms with Gasteiger partial charge in [-0.15, -0.1) is 0 Å². The number of nitrogens with zero attached hydrogens (tertiary/aromatic N) is 3. The molecular formula is C24H21N5O2. The van der Waals surface area contributed by atoms with Crippen molar-refractivity contribution in [3.05, 3.63) is 77.2 Å². The maximum absolute atomic E-state index is 11.9. The first kappa shape index (κ1) is 20.0. The zero-order chi connectivity index (χ0) is 22.0. The summed E-state index contributed by atoms with van der Waals surface area (Å²) in [5, 5.41) is 8.96. The monoisotopic (exact) mass is 411 g/mol. The lowest BCUT2D eigenvalue weighted by Gasteiger charge is -2.07. The number of fused-ring (bicyclic) bond motifs is 1. The highest BCUT2D eigenvalue weighted by molar-refractivity contribution is 5.97. The Labute approximate surface area is 179 Å². The van der Waals surface area contributed by atoms with Gasteiger partial charge >= 0.3 is 5.97 Å². The van der Waals surface area contributed by atoms with E-state index >= 15 is 0 Å².